The normalized spacial score (nSPS) is 20.7. The maximum Gasteiger partial charge on any atom is 0.282 e. The van der Waals surface area contributed by atoms with E-state index in [1.807, 2.05) is 6.08 Å². The molecule has 1 fully saturated rings. The molecule has 1 N–H and O–H groups in total. The minimum absolute atomic E-state index is 0.0369. The van der Waals surface area contributed by atoms with Crippen molar-refractivity contribution in [2.24, 2.45) is 12.5 Å². The van der Waals surface area contributed by atoms with E-state index in [1.165, 1.54) is 29.3 Å². The molecule has 0 bridgehead atoms. The highest BCUT2D eigenvalue weighted by Crippen LogP contribution is 2.50. The summed E-state index contributed by atoms with van der Waals surface area (Å²) in [4.78, 5) is 22.1. The molecule has 0 radical (unpaired) electrons. The van der Waals surface area contributed by atoms with Gasteiger partial charge in [-0.2, -0.15) is 5.10 Å². The number of benzene rings is 1. The molecule has 3 aromatic heterocycles. The number of rotatable bonds is 6. The van der Waals surface area contributed by atoms with Crippen LogP contribution < -0.4 is 4.72 Å². The number of aromatic nitrogens is 6. The number of fused-ring (bicyclic) bond motifs is 2. The molecule has 200 valence electrons. The summed E-state index contributed by atoms with van der Waals surface area (Å²) in [6, 6.07) is 7.56. The Kier molecular flexibility index (Phi) is 5.99. The summed E-state index contributed by atoms with van der Waals surface area (Å²) in [6.45, 7) is 0. The number of carbonyl (C=O) groups is 1. The first-order chi connectivity index (χ1) is 18.6. The number of ketones is 1. The molecule has 0 saturated heterocycles. The van der Waals surface area contributed by atoms with Crippen molar-refractivity contribution >= 4 is 21.9 Å². The van der Waals surface area contributed by atoms with E-state index >= 15 is 0 Å². The zero-order valence-electron chi connectivity index (χ0n) is 20.8. The Morgan fingerprint density at radius 2 is 1.92 bits per heavy atom. The first-order valence-corrected chi connectivity index (χ1v) is 13.7. The molecule has 2 atom stereocenters. The molecule has 1 saturated carbocycles. The van der Waals surface area contributed by atoms with Gasteiger partial charge in [-0.05, 0) is 67.7 Å². The topological polar surface area (TPSA) is 125 Å². The number of pyridine rings is 1. The number of sulfonamides is 1. The Morgan fingerprint density at radius 3 is 2.64 bits per heavy atom. The number of nitrogens with zero attached hydrogens (tertiary/aromatic N) is 6. The van der Waals surface area contributed by atoms with Gasteiger partial charge >= 0.3 is 0 Å². The number of aryl methyl sites for hydroxylation is 1. The molecule has 3 heterocycles. The lowest BCUT2D eigenvalue weighted by atomic mass is 9.60. The van der Waals surface area contributed by atoms with Gasteiger partial charge in [0, 0.05) is 25.4 Å². The maximum absolute atomic E-state index is 14.1. The van der Waals surface area contributed by atoms with Crippen molar-refractivity contribution in [2.75, 3.05) is 0 Å². The van der Waals surface area contributed by atoms with Gasteiger partial charge in [0.05, 0.1) is 23.0 Å². The van der Waals surface area contributed by atoms with Gasteiger partial charge in [0.15, 0.2) is 5.78 Å². The summed E-state index contributed by atoms with van der Waals surface area (Å²) in [6.07, 6.45) is 7.22. The maximum atomic E-state index is 14.1. The predicted molar refractivity (Wildman–Crippen MR) is 135 cm³/mol. The average Bonchev–Trinajstić information content (AvgIpc) is 3.53. The van der Waals surface area contributed by atoms with Crippen LogP contribution in [0.5, 0.6) is 0 Å². The minimum Gasteiger partial charge on any atom is -0.291 e. The highest BCUT2D eigenvalue weighted by Gasteiger charge is 2.50. The van der Waals surface area contributed by atoms with Crippen LogP contribution in [-0.4, -0.2) is 49.8 Å². The molecule has 4 aromatic rings. The zero-order valence-corrected chi connectivity index (χ0v) is 21.6. The second-order valence-corrected chi connectivity index (χ2v) is 11.4. The SMILES string of the molecule is Cn1cnc(S(=O)(=O)N[C@H]2CCC3=Cc4c(cnn4-c4ccc(F)cc4)C[C@]3(C(=O)c3cc(F)ccn3)C2)n1. The largest absolute Gasteiger partial charge is 0.291 e. The number of Topliss-reactive ketones (excluding diaryl/α,β-unsaturated/α-hetero) is 1. The molecule has 0 amide bonds. The third-order valence-corrected chi connectivity index (χ3v) is 8.57. The van der Waals surface area contributed by atoms with Gasteiger partial charge in [0.2, 0.25) is 0 Å². The second-order valence-electron chi connectivity index (χ2n) is 9.82. The molecule has 2 aliphatic rings. The van der Waals surface area contributed by atoms with E-state index in [4.69, 9.17) is 0 Å². The van der Waals surface area contributed by atoms with Gasteiger partial charge in [0.1, 0.15) is 23.7 Å². The van der Waals surface area contributed by atoms with Crippen molar-refractivity contribution in [1.29, 1.82) is 0 Å². The van der Waals surface area contributed by atoms with Crippen molar-refractivity contribution in [3.05, 3.63) is 89.3 Å². The molecule has 0 spiro atoms. The molecule has 2 aliphatic carbocycles. The van der Waals surface area contributed by atoms with Crippen molar-refractivity contribution in [3.63, 3.8) is 0 Å². The quantitative estimate of drug-likeness (QED) is 0.365. The van der Waals surface area contributed by atoms with E-state index in [2.05, 4.69) is 24.9 Å². The molecule has 6 rings (SSSR count). The Labute approximate surface area is 222 Å². The van der Waals surface area contributed by atoms with Gasteiger partial charge in [-0.3, -0.25) is 14.5 Å². The van der Waals surface area contributed by atoms with E-state index in [0.29, 0.717) is 18.5 Å². The first kappa shape index (κ1) is 25.2. The number of hydrogen-bond donors (Lipinski definition) is 1. The zero-order chi connectivity index (χ0) is 27.4. The van der Waals surface area contributed by atoms with Crippen LogP contribution in [0.15, 0.2) is 65.8 Å². The number of halogens is 2. The highest BCUT2D eigenvalue weighted by atomic mass is 32.2. The Morgan fingerprint density at radius 1 is 1.13 bits per heavy atom. The van der Waals surface area contributed by atoms with Crippen LogP contribution in [0.1, 0.15) is 41.0 Å². The minimum atomic E-state index is -4.04. The Hall–Kier alpha value is -4.10. The molecular formula is C26H23F2N7O3S. The molecule has 39 heavy (non-hydrogen) atoms. The van der Waals surface area contributed by atoms with Gasteiger partial charge in [0.25, 0.3) is 15.2 Å². The van der Waals surface area contributed by atoms with Gasteiger partial charge in [-0.1, -0.05) is 5.57 Å². The van der Waals surface area contributed by atoms with Crippen molar-refractivity contribution in [2.45, 2.75) is 36.9 Å². The van der Waals surface area contributed by atoms with Gasteiger partial charge in [-0.25, -0.2) is 31.6 Å². The summed E-state index contributed by atoms with van der Waals surface area (Å²) >= 11 is 0. The van der Waals surface area contributed by atoms with Crippen molar-refractivity contribution < 1.29 is 22.0 Å². The average molecular weight is 552 g/mol. The first-order valence-electron chi connectivity index (χ1n) is 12.2. The van der Waals surface area contributed by atoms with Crippen LogP contribution in [-0.2, 0) is 23.5 Å². The molecule has 1 aromatic carbocycles. The van der Waals surface area contributed by atoms with E-state index in [1.54, 1.807) is 30.1 Å². The number of hydrogen-bond acceptors (Lipinski definition) is 7. The smallest absolute Gasteiger partial charge is 0.282 e. The summed E-state index contributed by atoms with van der Waals surface area (Å²) in [5, 5.41) is 8.03. The summed E-state index contributed by atoms with van der Waals surface area (Å²) in [7, 11) is -2.48. The van der Waals surface area contributed by atoms with Crippen LogP contribution >= 0.6 is 0 Å². The summed E-state index contributed by atoms with van der Waals surface area (Å²) in [5.41, 5.74) is 1.73. The van der Waals surface area contributed by atoms with Crippen molar-refractivity contribution in [1.82, 2.24) is 34.3 Å². The molecular weight excluding hydrogens is 528 g/mol. The lowest BCUT2D eigenvalue weighted by molar-refractivity contribution is 0.0777. The van der Waals surface area contributed by atoms with E-state index in [9.17, 15) is 22.0 Å². The number of carbonyl (C=O) groups excluding carboxylic acids is 1. The van der Waals surface area contributed by atoms with Gasteiger partial charge in [-0.15, -0.1) is 5.10 Å². The predicted octanol–water partition coefficient (Wildman–Crippen LogP) is 3.01. The fraction of sp³-hybridized carbons (Fsp3) is 0.269. The van der Waals surface area contributed by atoms with Crippen LogP contribution in [0.2, 0.25) is 0 Å². The van der Waals surface area contributed by atoms with Crippen LogP contribution in [0.3, 0.4) is 0 Å². The fourth-order valence-electron chi connectivity index (χ4n) is 5.49. The summed E-state index contributed by atoms with van der Waals surface area (Å²) < 4.78 is 59.2. The van der Waals surface area contributed by atoms with Crippen LogP contribution in [0.4, 0.5) is 8.78 Å². The molecule has 13 heteroatoms. The van der Waals surface area contributed by atoms with E-state index in [0.717, 1.165) is 29.0 Å². The summed E-state index contributed by atoms with van der Waals surface area (Å²) in [5.74, 6) is -1.36. The van der Waals surface area contributed by atoms with Crippen molar-refractivity contribution in [3.8, 4) is 5.69 Å². The Balaban J connectivity index is 1.40. The number of allylic oxidation sites excluding steroid dienone is 1. The van der Waals surface area contributed by atoms with Crippen LogP contribution in [0, 0.1) is 17.0 Å². The van der Waals surface area contributed by atoms with E-state index in [-0.39, 0.29) is 29.5 Å². The third kappa shape index (κ3) is 4.46. The number of nitrogens with one attached hydrogen (secondary N) is 1. The molecule has 10 nitrogen and oxygen atoms in total. The van der Waals surface area contributed by atoms with Crippen LogP contribution in [0.25, 0.3) is 11.8 Å². The monoisotopic (exact) mass is 551 g/mol. The Bertz CT molecular complexity index is 1730. The highest BCUT2D eigenvalue weighted by molar-refractivity contribution is 7.89. The second kappa shape index (κ2) is 9.27. The standard InChI is InChI=1S/C26H23F2N7O3S/c1-34-15-30-25(32-34)39(37,38)33-20-5-2-17-10-23-16(14-31-35(23)21-6-3-18(27)4-7-21)12-26(17,13-20)24(36)22-11-19(28)8-9-29-22/h3-4,6-11,14-15,20,33H,2,5,12-13H2,1H3/t20-,26-/m0/s1. The van der Waals surface area contributed by atoms with E-state index < -0.39 is 33.1 Å². The fourth-order valence-corrected chi connectivity index (χ4v) is 6.65. The lowest BCUT2D eigenvalue weighted by Crippen LogP contribution is -2.49. The lowest BCUT2D eigenvalue weighted by Gasteiger charge is -2.43. The van der Waals surface area contributed by atoms with Gasteiger partial charge < -0.3 is 0 Å². The molecule has 0 aliphatic heterocycles. The molecule has 0 unspecified atom stereocenters. The third-order valence-electron chi connectivity index (χ3n) is 7.26.